The van der Waals surface area contributed by atoms with Gasteiger partial charge in [0.05, 0.1) is 6.61 Å². The van der Waals surface area contributed by atoms with E-state index in [0.717, 1.165) is 17.7 Å². The third kappa shape index (κ3) is 6.99. The summed E-state index contributed by atoms with van der Waals surface area (Å²) in [5, 5.41) is 11.4. The van der Waals surface area contributed by atoms with Crippen LogP contribution in [0.5, 0.6) is 5.75 Å². The van der Waals surface area contributed by atoms with Gasteiger partial charge < -0.3 is 19.9 Å². The number of carbonyl (C=O) groups is 1. The van der Waals surface area contributed by atoms with Crippen molar-refractivity contribution in [1.29, 1.82) is 0 Å². The third-order valence-electron chi connectivity index (χ3n) is 2.37. The van der Waals surface area contributed by atoms with Crippen LogP contribution in [0, 0.1) is 0 Å². The average molecular weight is 281 g/mol. The van der Waals surface area contributed by atoms with E-state index in [4.69, 9.17) is 14.6 Å². The fraction of sp³-hybridized carbons (Fsp3) is 0.533. The van der Waals surface area contributed by atoms with Gasteiger partial charge in [0.2, 0.25) is 0 Å². The molecule has 0 saturated carbocycles. The Morgan fingerprint density at radius 3 is 2.45 bits per heavy atom. The van der Waals surface area contributed by atoms with E-state index in [1.165, 1.54) is 0 Å². The van der Waals surface area contributed by atoms with Crippen molar-refractivity contribution in [3.63, 3.8) is 0 Å². The monoisotopic (exact) mass is 281 g/mol. The molecule has 0 aromatic heterocycles. The summed E-state index contributed by atoms with van der Waals surface area (Å²) in [4.78, 5) is 11.4. The number of aliphatic hydroxyl groups is 1. The number of rotatable bonds is 6. The SMILES string of the molecule is CC(C)(C)OC(=O)NCCc1ccc(OCCO)cc1. The number of hydrogen-bond donors (Lipinski definition) is 2. The van der Waals surface area contributed by atoms with Crippen LogP contribution in [0.15, 0.2) is 24.3 Å². The first-order valence-corrected chi connectivity index (χ1v) is 6.70. The predicted octanol–water partition coefficient (Wildman–Crippen LogP) is 2.12. The van der Waals surface area contributed by atoms with Crippen molar-refractivity contribution in [2.45, 2.75) is 32.8 Å². The van der Waals surface area contributed by atoms with Gasteiger partial charge in [-0.2, -0.15) is 0 Å². The minimum Gasteiger partial charge on any atom is -0.491 e. The van der Waals surface area contributed by atoms with Crippen LogP contribution in [0.2, 0.25) is 0 Å². The van der Waals surface area contributed by atoms with Gasteiger partial charge in [0.25, 0.3) is 0 Å². The Kier molecular flexibility index (Phi) is 6.31. The zero-order valence-corrected chi connectivity index (χ0v) is 12.3. The summed E-state index contributed by atoms with van der Waals surface area (Å²) in [5.41, 5.74) is 0.618. The Hall–Kier alpha value is -1.75. The molecule has 1 aromatic carbocycles. The summed E-state index contributed by atoms with van der Waals surface area (Å²) in [5.74, 6) is 0.725. The molecule has 2 N–H and O–H groups in total. The number of aliphatic hydroxyl groups excluding tert-OH is 1. The molecule has 20 heavy (non-hydrogen) atoms. The van der Waals surface area contributed by atoms with Gasteiger partial charge in [0.1, 0.15) is 18.0 Å². The van der Waals surface area contributed by atoms with Crippen LogP contribution in [0.3, 0.4) is 0 Å². The lowest BCUT2D eigenvalue weighted by molar-refractivity contribution is 0.0528. The molecule has 0 unspecified atom stereocenters. The second kappa shape index (κ2) is 7.75. The molecule has 0 radical (unpaired) electrons. The molecule has 112 valence electrons. The summed E-state index contributed by atoms with van der Waals surface area (Å²) < 4.78 is 10.4. The Morgan fingerprint density at radius 2 is 1.90 bits per heavy atom. The highest BCUT2D eigenvalue weighted by Crippen LogP contribution is 2.12. The molecular weight excluding hydrogens is 258 g/mol. The number of benzene rings is 1. The Labute approximate surface area is 119 Å². The van der Waals surface area contributed by atoms with Crippen molar-refractivity contribution in [2.75, 3.05) is 19.8 Å². The van der Waals surface area contributed by atoms with E-state index in [1.54, 1.807) is 0 Å². The number of nitrogens with one attached hydrogen (secondary N) is 1. The Bertz CT molecular complexity index is 409. The third-order valence-corrected chi connectivity index (χ3v) is 2.37. The maximum Gasteiger partial charge on any atom is 0.407 e. The topological polar surface area (TPSA) is 67.8 Å². The number of hydrogen-bond acceptors (Lipinski definition) is 4. The van der Waals surface area contributed by atoms with E-state index >= 15 is 0 Å². The molecule has 1 amide bonds. The summed E-state index contributed by atoms with van der Waals surface area (Å²) in [6, 6.07) is 7.56. The molecule has 0 bridgehead atoms. The minimum absolute atomic E-state index is 0.00155. The standard InChI is InChI=1S/C15H23NO4/c1-15(2,3)20-14(18)16-9-8-12-4-6-13(7-5-12)19-11-10-17/h4-7,17H,8-11H2,1-3H3,(H,16,18). The van der Waals surface area contributed by atoms with Crippen LogP contribution in [0.1, 0.15) is 26.3 Å². The van der Waals surface area contributed by atoms with E-state index in [1.807, 2.05) is 45.0 Å². The lowest BCUT2D eigenvalue weighted by atomic mass is 10.1. The summed E-state index contributed by atoms with van der Waals surface area (Å²) in [6.45, 7) is 6.31. The van der Waals surface area contributed by atoms with Crippen LogP contribution in [-0.4, -0.2) is 36.6 Å². The van der Waals surface area contributed by atoms with Crippen LogP contribution in [0.4, 0.5) is 4.79 Å². The number of ether oxygens (including phenoxy) is 2. The van der Waals surface area contributed by atoms with Gasteiger partial charge >= 0.3 is 6.09 Å². The smallest absolute Gasteiger partial charge is 0.407 e. The van der Waals surface area contributed by atoms with Gasteiger partial charge in [-0.05, 0) is 44.9 Å². The van der Waals surface area contributed by atoms with Crippen LogP contribution >= 0.6 is 0 Å². The fourth-order valence-corrected chi connectivity index (χ4v) is 1.54. The molecule has 1 rings (SSSR count). The highest BCUT2D eigenvalue weighted by atomic mass is 16.6. The molecule has 0 saturated heterocycles. The number of carbonyl (C=O) groups excluding carboxylic acids is 1. The quantitative estimate of drug-likeness (QED) is 0.838. The van der Waals surface area contributed by atoms with Crippen molar-refractivity contribution < 1.29 is 19.4 Å². The molecule has 5 heteroatoms. The Morgan fingerprint density at radius 1 is 1.25 bits per heavy atom. The van der Waals surface area contributed by atoms with Gasteiger partial charge in [0, 0.05) is 6.54 Å². The highest BCUT2D eigenvalue weighted by molar-refractivity contribution is 5.67. The first kappa shape index (κ1) is 16.3. The van der Waals surface area contributed by atoms with Gasteiger partial charge in [-0.15, -0.1) is 0 Å². The second-order valence-electron chi connectivity index (χ2n) is 5.39. The zero-order chi connectivity index (χ0) is 15.0. The molecule has 0 aliphatic heterocycles. The number of amides is 1. The van der Waals surface area contributed by atoms with Crippen molar-refractivity contribution in [3.8, 4) is 5.75 Å². The Balaban J connectivity index is 2.30. The molecule has 0 aliphatic rings. The predicted molar refractivity (Wildman–Crippen MR) is 77.0 cm³/mol. The largest absolute Gasteiger partial charge is 0.491 e. The summed E-state index contributed by atoms with van der Waals surface area (Å²) >= 11 is 0. The average Bonchev–Trinajstić information content (AvgIpc) is 2.35. The van der Waals surface area contributed by atoms with Gasteiger partial charge in [-0.1, -0.05) is 12.1 Å². The summed E-state index contributed by atoms with van der Waals surface area (Å²) in [6.07, 6.45) is 0.319. The maximum absolute atomic E-state index is 11.4. The van der Waals surface area contributed by atoms with Crippen molar-refractivity contribution >= 4 is 6.09 Å². The lowest BCUT2D eigenvalue weighted by Gasteiger charge is -2.19. The van der Waals surface area contributed by atoms with Crippen molar-refractivity contribution in [1.82, 2.24) is 5.32 Å². The fourth-order valence-electron chi connectivity index (χ4n) is 1.54. The molecule has 0 heterocycles. The van der Waals surface area contributed by atoms with E-state index in [9.17, 15) is 4.79 Å². The second-order valence-corrected chi connectivity index (χ2v) is 5.39. The van der Waals surface area contributed by atoms with Gasteiger partial charge in [0.15, 0.2) is 0 Å². The molecular formula is C15H23NO4. The maximum atomic E-state index is 11.4. The van der Waals surface area contributed by atoms with Gasteiger partial charge in [-0.3, -0.25) is 0 Å². The summed E-state index contributed by atoms with van der Waals surface area (Å²) in [7, 11) is 0. The van der Waals surface area contributed by atoms with E-state index in [2.05, 4.69) is 5.32 Å². The normalized spacial score (nSPS) is 11.0. The van der Waals surface area contributed by atoms with Crippen LogP contribution in [0.25, 0.3) is 0 Å². The van der Waals surface area contributed by atoms with Crippen LogP contribution in [-0.2, 0) is 11.2 Å². The van der Waals surface area contributed by atoms with E-state index < -0.39 is 11.7 Å². The van der Waals surface area contributed by atoms with Gasteiger partial charge in [-0.25, -0.2) is 4.79 Å². The molecule has 1 aromatic rings. The first-order chi connectivity index (χ1) is 9.40. The van der Waals surface area contributed by atoms with Crippen molar-refractivity contribution in [3.05, 3.63) is 29.8 Å². The zero-order valence-electron chi connectivity index (χ0n) is 12.3. The molecule has 0 fully saturated rings. The lowest BCUT2D eigenvalue weighted by Crippen LogP contribution is -2.33. The highest BCUT2D eigenvalue weighted by Gasteiger charge is 2.15. The molecule has 0 aliphatic carbocycles. The molecule has 0 atom stereocenters. The minimum atomic E-state index is -0.476. The van der Waals surface area contributed by atoms with Crippen LogP contribution < -0.4 is 10.1 Å². The molecule has 5 nitrogen and oxygen atoms in total. The number of alkyl carbamates (subject to hydrolysis) is 1. The first-order valence-electron chi connectivity index (χ1n) is 6.70. The van der Waals surface area contributed by atoms with Crippen molar-refractivity contribution in [2.24, 2.45) is 0 Å². The van der Waals surface area contributed by atoms with E-state index in [0.29, 0.717) is 13.2 Å². The van der Waals surface area contributed by atoms with E-state index in [-0.39, 0.29) is 6.61 Å². The molecule has 0 spiro atoms.